The second-order valence-electron chi connectivity index (χ2n) is 2.34. The Labute approximate surface area is 61.8 Å². The summed E-state index contributed by atoms with van der Waals surface area (Å²) in [5.41, 5.74) is 0. The second-order valence-corrected chi connectivity index (χ2v) is 3.89. The zero-order valence-electron chi connectivity index (χ0n) is 6.42. The minimum absolute atomic E-state index is 0.225. The van der Waals surface area contributed by atoms with Gasteiger partial charge in [-0.25, -0.2) is 0 Å². The number of rotatable bonds is 4. The van der Waals surface area contributed by atoms with Crippen LogP contribution in [0.5, 0.6) is 0 Å². The van der Waals surface area contributed by atoms with Crippen molar-refractivity contribution in [3.8, 4) is 0 Å². The van der Waals surface area contributed by atoms with Gasteiger partial charge in [0.05, 0.1) is 6.61 Å². The van der Waals surface area contributed by atoms with Gasteiger partial charge < -0.3 is 0 Å². The molecule has 0 aromatic carbocycles. The van der Waals surface area contributed by atoms with E-state index in [0.717, 1.165) is 0 Å². The first-order valence-corrected chi connectivity index (χ1v) is 4.46. The van der Waals surface area contributed by atoms with E-state index in [2.05, 4.69) is 4.18 Å². The molecule has 0 fully saturated rings. The maximum atomic E-state index is 10.6. The summed E-state index contributed by atoms with van der Waals surface area (Å²) < 4.78 is 27.7. The summed E-state index contributed by atoms with van der Waals surface area (Å²) in [7, 11) is -2.15. The molecule has 1 N–H and O–H groups in total. The molecular weight excluding hydrogens is 154 g/mol. The van der Waals surface area contributed by atoms with Gasteiger partial charge in [0.1, 0.15) is 0 Å². The topological polar surface area (TPSA) is 55.4 Å². The van der Waals surface area contributed by atoms with E-state index in [0.29, 0.717) is 0 Å². The standard InChI is InChI=1S/C5H13NO3S/c1-5(2)4-9-10(7,8)6-3/h5-6H,4H2,1-3H3. The lowest BCUT2D eigenvalue weighted by atomic mass is 10.2. The first-order chi connectivity index (χ1) is 4.48. The molecule has 0 aliphatic heterocycles. The zero-order valence-corrected chi connectivity index (χ0v) is 7.23. The molecule has 62 valence electrons. The van der Waals surface area contributed by atoms with Gasteiger partial charge >= 0.3 is 10.3 Å². The van der Waals surface area contributed by atoms with Crippen molar-refractivity contribution in [3.63, 3.8) is 0 Å². The van der Waals surface area contributed by atoms with Crippen molar-refractivity contribution in [3.05, 3.63) is 0 Å². The number of hydrogen-bond acceptors (Lipinski definition) is 3. The molecule has 0 spiro atoms. The monoisotopic (exact) mass is 167 g/mol. The molecule has 0 aliphatic carbocycles. The van der Waals surface area contributed by atoms with E-state index in [-0.39, 0.29) is 12.5 Å². The molecule has 0 saturated heterocycles. The highest BCUT2D eigenvalue weighted by Crippen LogP contribution is 1.95. The maximum Gasteiger partial charge on any atom is 0.335 e. The van der Waals surface area contributed by atoms with Crippen molar-refractivity contribution in [2.24, 2.45) is 5.92 Å². The summed E-state index contributed by atoms with van der Waals surface area (Å²) in [6.07, 6.45) is 0. The van der Waals surface area contributed by atoms with E-state index in [1.165, 1.54) is 7.05 Å². The summed E-state index contributed by atoms with van der Waals surface area (Å²) in [4.78, 5) is 0. The third-order valence-electron chi connectivity index (χ3n) is 0.807. The van der Waals surface area contributed by atoms with E-state index in [1.54, 1.807) is 0 Å². The van der Waals surface area contributed by atoms with Crippen molar-refractivity contribution in [2.75, 3.05) is 13.7 Å². The molecule has 10 heavy (non-hydrogen) atoms. The first-order valence-electron chi connectivity index (χ1n) is 3.06. The van der Waals surface area contributed by atoms with E-state index >= 15 is 0 Å². The molecule has 0 aromatic heterocycles. The predicted molar refractivity (Wildman–Crippen MR) is 38.8 cm³/mol. The van der Waals surface area contributed by atoms with Gasteiger partial charge in [-0.15, -0.1) is 0 Å². The molecule has 0 aliphatic rings. The van der Waals surface area contributed by atoms with Gasteiger partial charge in [0.15, 0.2) is 0 Å². The number of hydrogen-bond donors (Lipinski definition) is 1. The van der Waals surface area contributed by atoms with Crippen LogP contribution in [0, 0.1) is 5.92 Å². The molecule has 0 rings (SSSR count). The van der Waals surface area contributed by atoms with E-state index in [1.807, 2.05) is 18.6 Å². The fraction of sp³-hybridized carbons (Fsp3) is 1.00. The van der Waals surface area contributed by atoms with Crippen molar-refractivity contribution in [1.82, 2.24) is 4.72 Å². The quantitative estimate of drug-likeness (QED) is 0.647. The summed E-state index contributed by atoms with van der Waals surface area (Å²) in [6.45, 7) is 3.99. The van der Waals surface area contributed by atoms with Gasteiger partial charge in [-0.05, 0) is 5.92 Å². The summed E-state index contributed by atoms with van der Waals surface area (Å²) in [5.74, 6) is 0.225. The van der Waals surface area contributed by atoms with E-state index in [9.17, 15) is 8.42 Å². The molecule has 0 unspecified atom stereocenters. The average Bonchev–Trinajstić information content (AvgIpc) is 1.85. The molecule has 5 heteroatoms. The Balaban J connectivity index is 3.70. The van der Waals surface area contributed by atoms with Gasteiger partial charge in [-0.2, -0.15) is 13.1 Å². The van der Waals surface area contributed by atoms with Crippen LogP contribution in [-0.2, 0) is 14.5 Å². The molecule has 4 nitrogen and oxygen atoms in total. The van der Waals surface area contributed by atoms with Crippen LogP contribution >= 0.6 is 0 Å². The van der Waals surface area contributed by atoms with Crippen molar-refractivity contribution in [2.45, 2.75) is 13.8 Å². The second kappa shape index (κ2) is 3.90. The van der Waals surface area contributed by atoms with Crippen molar-refractivity contribution < 1.29 is 12.6 Å². The molecule has 0 bridgehead atoms. The zero-order chi connectivity index (χ0) is 8.20. The lowest BCUT2D eigenvalue weighted by molar-refractivity contribution is 0.271. The molecular formula is C5H13NO3S. The van der Waals surface area contributed by atoms with E-state index < -0.39 is 10.3 Å². The van der Waals surface area contributed by atoms with Crippen LogP contribution in [0.3, 0.4) is 0 Å². The highest BCUT2D eigenvalue weighted by Gasteiger charge is 2.06. The lowest BCUT2D eigenvalue weighted by Crippen LogP contribution is -2.23. The fourth-order valence-electron chi connectivity index (χ4n) is 0.285. The van der Waals surface area contributed by atoms with Crippen LogP contribution in [0.2, 0.25) is 0 Å². The summed E-state index contributed by atoms with van der Waals surface area (Å²) >= 11 is 0. The smallest absolute Gasteiger partial charge is 0.258 e. The third-order valence-corrected chi connectivity index (χ3v) is 1.75. The maximum absolute atomic E-state index is 10.6. The van der Waals surface area contributed by atoms with Crippen LogP contribution in [-0.4, -0.2) is 22.1 Å². The Morgan fingerprint density at radius 3 is 2.30 bits per heavy atom. The van der Waals surface area contributed by atoms with Crippen LogP contribution in [0.1, 0.15) is 13.8 Å². The van der Waals surface area contributed by atoms with Gasteiger partial charge in [-0.3, -0.25) is 4.18 Å². The molecule has 0 atom stereocenters. The van der Waals surface area contributed by atoms with Crippen LogP contribution in [0.25, 0.3) is 0 Å². The number of nitrogens with one attached hydrogen (secondary N) is 1. The van der Waals surface area contributed by atoms with Crippen LogP contribution in [0.4, 0.5) is 0 Å². The highest BCUT2D eigenvalue weighted by molar-refractivity contribution is 7.84. The minimum Gasteiger partial charge on any atom is -0.258 e. The summed E-state index contributed by atoms with van der Waals surface area (Å²) in [6, 6.07) is 0. The Kier molecular flexibility index (Phi) is 3.85. The normalized spacial score (nSPS) is 12.4. The highest BCUT2D eigenvalue weighted by atomic mass is 32.2. The Morgan fingerprint density at radius 2 is 2.00 bits per heavy atom. The fourth-order valence-corrected chi connectivity index (χ4v) is 0.854. The Morgan fingerprint density at radius 1 is 1.50 bits per heavy atom. The predicted octanol–water partition coefficient (Wildman–Crippen LogP) is 0.123. The van der Waals surface area contributed by atoms with Crippen LogP contribution < -0.4 is 4.72 Å². The van der Waals surface area contributed by atoms with Crippen molar-refractivity contribution >= 4 is 10.3 Å². The first kappa shape index (κ1) is 9.87. The SMILES string of the molecule is CNS(=O)(=O)OCC(C)C. The summed E-state index contributed by atoms with van der Waals surface area (Å²) in [5, 5.41) is 0. The van der Waals surface area contributed by atoms with Crippen molar-refractivity contribution in [1.29, 1.82) is 0 Å². The minimum atomic E-state index is -3.46. The molecule has 0 radical (unpaired) electrons. The van der Waals surface area contributed by atoms with Gasteiger partial charge in [-0.1, -0.05) is 13.8 Å². The largest absolute Gasteiger partial charge is 0.335 e. The van der Waals surface area contributed by atoms with E-state index in [4.69, 9.17) is 0 Å². The van der Waals surface area contributed by atoms with Gasteiger partial charge in [0.25, 0.3) is 0 Å². The molecule has 0 saturated carbocycles. The van der Waals surface area contributed by atoms with Crippen LogP contribution in [0.15, 0.2) is 0 Å². The van der Waals surface area contributed by atoms with Gasteiger partial charge in [0.2, 0.25) is 0 Å². The Bertz CT molecular complexity index is 173. The molecule has 0 aromatic rings. The average molecular weight is 167 g/mol. The lowest BCUT2D eigenvalue weighted by Gasteiger charge is -2.04. The third kappa shape index (κ3) is 4.72. The Hall–Kier alpha value is -0.130. The molecule has 0 amide bonds. The molecule has 0 heterocycles. The van der Waals surface area contributed by atoms with Gasteiger partial charge in [0, 0.05) is 7.05 Å².